The maximum Gasteiger partial charge on any atom is 2.00 e. The summed E-state index contributed by atoms with van der Waals surface area (Å²) in [6, 6.07) is 15.5. The predicted molar refractivity (Wildman–Crippen MR) is 68.2 cm³/mol. The van der Waals surface area contributed by atoms with Crippen molar-refractivity contribution >= 4 is 5.69 Å². The van der Waals surface area contributed by atoms with Crippen molar-refractivity contribution in [2.75, 3.05) is 0 Å². The molecular weight excluding hydrogens is 254 g/mol. The van der Waals surface area contributed by atoms with Crippen LogP contribution in [0.15, 0.2) is 53.7 Å². The monoisotopic (exact) mass is 271 g/mol. The Morgan fingerprint density at radius 1 is 1.18 bits per heavy atom. The fourth-order valence-corrected chi connectivity index (χ4v) is 1.45. The Hall–Kier alpha value is -1.18. The summed E-state index contributed by atoms with van der Waals surface area (Å²) in [7, 11) is 0. The molecule has 0 aromatic heterocycles. The zero-order valence-corrected chi connectivity index (χ0v) is 11.4. The zero-order valence-electron chi connectivity index (χ0n) is 10.3. The Bertz CT molecular complexity index is 392. The first-order chi connectivity index (χ1) is 7.55. The van der Waals surface area contributed by atoms with Gasteiger partial charge in [-0.05, 0) is 11.1 Å². The number of rotatable bonds is 1. The molecule has 0 spiro atoms. The van der Waals surface area contributed by atoms with Crippen LogP contribution in [0.25, 0.3) is 0 Å². The van der Waals surface area contributed by atoms with E-state index in [0.717, 1.165) is 5.56 Å². The molecule has 0 radical (unpaired) electrons. The molecule has 0 N–H and O–H groups in total. The second kappa shape index (κ2) is 7.20. The average molecular weight is 271 g/mol. The molecule has 2 nitrogen and oxygen atoms in total. The first kappa shape index (κ1) is 15.8. The van der Waals surface area contributed by atoms with Crippen LogP contribution >= 0.6 is 0 Å². The Labute approximate surface area is 113 Å². The van der Waals surface area contributed by atoms with Crippen molar-refractivity contribution in [2.24, 2.45) is 5.18 Å². The minimum absolute atomic E-state index is 0. The van der Waals surface area contributed by atoms with Gasteiger partial charge in [-0.25, -0.2) is 24.3 Å². The number of hydrogen-bond acceptors (Lipinski definition) is 2. The summed E-state index contributed by atoms with van der Waals surface area (Å²) in [6.45, 7) is 6.20. The molecule has 0 bridgehead atoms. The van der Waals surface area contributed by atoms with Crippen LogP contribution in [0.2, 0.25) is 0 Å². The number of hydrogen-bond donors (Lipinski definition) is 0. The summed E-state index contributed by atoms with van der Waals surface area (Å²) in [5.74, 6) is 0. The van der Waals surface area contributed by atoms with Crippen molar-refractivity contribution in [3.8, 4) is 0 Å². The van der Waals surface area contributed by atoms with Gasteiger partial charge in [0.15, 0.2) is 0 Å². The van der Waals surface area contributed by atoms with Gasteiger partial charge in [-0.3, -0.25) is 0 Å². The quantitative estimate of drug-likeness (QED) is 0.426. The van der Waals surface area contributed by atoms with Crippen molar-refractivity contribution in [3.63, 3.8) is 0 Å². The Morgan fingerprint density at radius 2 is 1.76 bits per heavy atom. The van der Waals surface area contributed by atoms with Crippen LogP contribution in [-0.4, -0.2) is 0 Å². The van der Waals surface area contributed by atoms with E-state index in [1.807, 2.05) is 42.5 Å². The Morgan fingerprint density at radius 3 is 2.06 bits per heavy atom. The van der Waals surface area contributed by atoms with E-state index in [2.05, 4.69) is 25.9 Å². The molecule has 3 heteroatoms. The topological polar surface area (TPSA) is 29.4 Å². The third-order valence-corrected chi connectivity index (χ3v) is 2.25. The first-order valence-corrected chi connectivity index (χ1v) is 5.32. The molecule has 0 atom stereocenters. The van der Waals surface area contributed by atoms with Crippen molar-refractivity contribution in [1.29, 1.82) is 0 Å². The van der Waals surface area contributed by atoms with Gasteiger partial charge in [-0.15, -0.1) is 5.56 Å². The van der Waals surface area contributed by atoms with Crippen molar-refractivity contribution in [3.05, 3.63) is 59.0 Å². The maximum absolute atomic E-state index is 10.3. The van der Waals surface area contributed by atoms with Crippen LogP contribution < -0.4 is 0 Å². The van der Waals surface area contributed by atoms with E-state index in [-0.39, 0.29) is 22.5 Å². The molecule has 0 heterocycles. The number of nitrogens with zero attached hydrogens (tertiary/aromatic N) is 1. The first-order valence-electron chi connectivity index (χ1n) is 5.32. The smallest absolute Gasteiger partial charge is 0.214 e. The van der Waals surface area contributed by atoms with E-state index < -0.39 is 0 Å². The van der Waals surface area contributed by atoms with E-state index in [1.54, 1.807) is 6.07 Å². The molecule has 92 valence electrons. The van der Waals surface area contributed by atoms with Gasteiger partial charge < -0.3 is 0 Å². The van der Waals surface area contributed by atoms with Crippen molar-refractivity contribution < 1.29 is 17.1 Å². The minimum atomic E-state index is 0. The molecule has 2 aromatic rings. The van der Waals surface area contributed by atoms with E-state index in [1.165, 1.54) is 0 Å². The maximum atomic E-state index is 10.3. The normalized spacial score (nSPS) is 9.82. The van der Waals surface area contributed by atoms with Crippen LogP contribution in [-0.2, 0) is 22.5 Å². The molecule has 0 amide bonds. The van der Waals surface area contributed by atoms with Gasteiger partial charge >= 0.3 is 17.1 Å². The third kappa shape index (κ3) is 5.12. The molecule has 0 fully saturated rings. The summed E-state index contributed by atoms with van der Waals surface area (Å²) in [5.41, 5.74) is 1.61. The molecule has 2 rings (SSSR count). The van der Waals surface area contributed by atoms with Gasteiger partial charge in [-0.1, -0.05) is 25.9 Å². The van der Waals surface area contributed by atoms with Gasteiger partial charge in [0.25, 0.3) is 0 Å². The molecular formula is C14H17FeNO. The third-order valence-electron chi connectivity index (χ3n) is 2.25. The van der Waals surface area contributed by atoms with Crippen LogP contribution in [0, 0.1) is 4.91 Å². The Balaban J connectivity index is 0.000000360. The molecule has 0 saturated heterocycles. The molecule has 2 aromatic carbocycles. The summed E-state index contributed by atoms with van der Waals surface area (Å²) < 4.78 is 0. The van der Waals surface area contributed by atoms with E-state index in [0.29, 0.717) is 5.69 Å². The van der Waals surface area contributed by atoms with Crippen molar-refractivity contribution in [1.82, 2.24) is 0 Å². The molecule has 0 aliphatic rings. The fraction of sp³-hybridized carbons (Fsp3) is 0.286. The molecule has 17 heavy (non-hydrogen) atoms. The van der Waals surface area contributed by atoms with Crippen LogP contribution in [0.1, 0.15) is 26.3 Å². The van der Waals surface area contributed by atoms with Crippen LogP contribution in [0.4, 0.5) is 5.69 Å². The summed E-state index contributed by atoms with van der Waals surface area (Å²) in [4.78, 5) is 10.3. The summed E-state index contributed by atoms with van der Waals surface area (Å²) >= 11 is 0. The minimum Gasteiger partial charge on any atom is -0.214 e. The van der Waals surface area contributed by atoms with Gasteiger partial charge in [0.1, 0.15) is 0 Å². The second-order valence-corrected chi connectivity index (χ2v) is 4.63. The summed E-state index contributed by atoms with van der Waals surface area (Å²) in [6.07, 6.45) is 0. The van der Waals surface area contributed by atoms with Crippen LogP contribution in [0.5, 0.6) is 0 Å². The zero-order chi connectivity index (χ0) is 12.0. The van der Waals surface area contributed by atoms with E-state index in [4.69, 9.17) is 0 Å². The number of nitroso groups, excluding NO2 is 1. The standard InChI is InChI=1S/C9H12NO.C5H5.Fe/c1-9(2,3)7-5-4-6-8(7)10-11;1-2-4-5-3-1;/h4-6H,1-3H3;1-5H;/q2*-1;+2. The average Bonchev–Trinajstić information content (AvgIpc) is 2.91. The van der Waals surface area contributed by atoms with Gasteiger partial charge in [-0.2, -0.15) is 29.2 Å². The molecule has 0 saturated carbocycles. The largest absolute Gasteiger partial charge is 2.00 e. The van der Waals surface area contributed by atoms with Gasteiger partial charge in [0, 0.05) is 0 Å². The predicted octanol–water partition coefficient (Wildman–Crippen LogP) is 4.50. The SMILES string of the molecule is CC(C)(C)c1ccc[c-]1N=O.[Fe+2].c1cc[cH-]c1. The van der Waals surface area contributed by atoms with Crippen LogP contribution in [0.3, 0.4) is 0 Å². The summed E-state index contributed by atoms with van der Waals surface area (Å²) in [5, 5.41) is 2.95. The fourth-order valence-electron chi connectivity index (χ4n) is 1.45. The second-order valence-electron chi connectivity index (χ2n) is 4.63. The van der Waals surface area contributed by atoms with Gasteiger partial charge in [0.2, 0.25) is 0 Å². The van der Waals surface area contributed by atoms with Gasteiger partial charge in [0.05, 0.1) is 0 Å². The molecule has 0 unspecified atom stereocenters. The van der Waals surface area contributed by atoms with E-state index in [9.17, 15) is 4.91 Å². The Kier molecular flexibility index (Phi) is 6.70. The van der Waals surface area contributed by atoms with Crippen molar-refractivity contribution in [2.45, 2.75) is 26.2 Å². The van der Waals surface area contributed by atoms with E-state index >= 15 is 0 Å². The molecule has 0 aliphatic carbocycles. The molecule has 0 aliphatic heterocycles.